The topological polar surface area (TPSA) is 32.3 Å². The minimum absolute atomic E-state index is 0.253. The summed E-state index contributed by atoms with van der Waals surface area (Å²) in [5.74, 6) is 0.950. The first kappa shape index (κ1) is 12.6. The first-order valence-corrected chi connectivity index (χ1v) is 6.76. The van der Waals surface area contributed by atoms with Crippen LogP contribution in [0.3, 0.4) is 0 Å². The minimum atomic E-state index is 0.253. The molecule has 1 saturated heterocycles. The molecule has 2 unspecified atom stereocenters. The van der Waals surface area contributed by atoms with Gasteiger partial charge < -0.3 is 10.4 Å². The molecule has 0 amide bonds. The van der Waals surface area contributed by atoms with E-state index in [1.54, 1.807) is 0 Å². The SMILES string of the molecule is CCC(CO)c1cccc(C2CCCNC2)c1. The van der Waals surface area contributed by atoms with Crippen molar-refractivity contribution in [1.29, 1.82) is 0 Å². The quantitative estimate of drug-likeness (QED) is 0.838. The van der Waals surface area contributed by atoms with E-state index in [0.717, 1.165) is 19.5 Å². The summed E-state index contributed by atoms with van der Waals surface area (Å²) in [7, 11) is 0. The molecule has 0 spiro atoms. The highest BCUT2D eigenvalue weighted by Crippen LogP contribution is 2.27. The maximum Gasteiger partial charge on any atom is 0.0499 e. The van der Waals surface area contributed by atoms with Gasteiger partial charge in [0.1, 0.15) is 0 Å². The standard InChI is InChI=1S/C15H23NO/c1-2-12(11-17)13-5-3-6-14(9-13)15-7-4-8-16-10-15/h3,5-6,9,12,15-17H,2,4,7-8,10-11H2,1H3. The molecule has 2 atom stereocenters. The Morgan fingerprint density at radius 3 is 3.00 bits per heavy atom. The van der Waals surface area contributed by atoms with Gasteiger partial charge in [0.15, 0.2) is 0 Å². The first-order valence-electron chi connectivity index (χ1n) is 6.76. The van der Waals surface area contributed by atoms with E-state index in [1.165, 1.54) is 24.0 Å². The molecule has 0 radical (unpaired) electrons. The second kappa shape index (κ2) is 6.18. The number of hydrogen-bond donors (Lipinski definition) is 2. The van der Waals surface area contributed by atoms with E-state index < -0.39 is 0 Å². The number of rotatable bonds is 4. The Hall–Kier alpha value is -0.860. The summed E-state index contributed by atoms with van der Waals surface area (Å²) in [6.45, 7) is 4.64. The number of nitrogens with one attached hydrogen (secondary N) is 1. The van der Waals surface area contributed by atoms with Crippen LogP contribution in [0, 0.1) is 0 Å². The van der Waals surface area contributed by atoms with Gasteiger partial charge in [0.05, 0.1) is 0 Å². The van der Waals surface area contributed by atoms with Crippen LogP contribution in [0.1, 0.15) is 49.1 Å². The van der Waals surface area contributed by atoms with Crippen LogP contribution in [0.5, 0.6) is 0 Å². The summed E-state index contributed by atoms with van der Waals surface area (Å²) in [4.78, 5) is 0. The molecule has 1 aromatic carbocycles. The van der Waals surface area contributed by atoms with Crippen LogP contribution in [0.4, 0.5) is 0 Å². The van der Waals surface area contributed by atoms with E-state index in [4.69, 9.17) is 0 Å². The fourth-order valence-electron chi connectivity index (χ4n) is 2.67. The molecule has 1 heterocycles. The van der Waals surface area contributed by atoms with Gasteiger partial charge in [0.25, 0.3) is 0 Å². The van der Waals surface area contributed by atoms with Crippen LogP contribution < -0.4 is 5.32 Å². The van der Waals surface area contributed by atoms with Gasteiger partial charge >= 0.3 is 0 Å². The van der Waals surface area contributed by atoms with Crippen LogP contribution in [-0.4, -0.2) is 24.8 Å². The molecule has 1 aliphatic rings. The molecular formula is C15H23NO. The molecule has 2 nitrogen and oxygen atoms in total. The molecular weight excluding hydrogens is 210 g/mol. The van der Waals surface area contributed by atoms with E-state index in [2.05, 4.69) is 36.5 Å². The largest absolute Gasteiger partial charge is 0.396 e. The van der Waals surface area contributed by atoms with Crippen molar-refractivity contribution in [3.63, 3.8) is 0 Å². The van der Waals surface area contributed by atoms with Crippen LogP contribution >= 0.6 is 0 Å². The van der Waals surface area contributed by atoms with Crippen LogP contribution in [0.25, 0.3) is 0 Å². The summed E-state index contributed by atoms with van der Waals surface area (Å²) in [6.07, 6.45) is 3.56. The Bertz CT molecular complexity index is 341. The molecule has 0 aliphatic carbocycles. The van der Waals surface area contributed by atoms with Crippen molar-refractivity contribution in [3.8, 4) is 0 Å². The lowest BCUT2D eigenvalue weighted by Gasteiger charge is -2.24. The number of aliphatic hydroxyl groups is 1. The number of benzene rings is 1. The zero-order valence-electron chi connectivity index (χ0n) is 10.7. The number of hydrogen-bond acceptors (Lipinski definition) is 2. The molecule has 94 valence electrons. The highest BCUT2D eigenvalue weighted by Gasteiger charge is 2.16. The Labute approximate surface area is 104 Å². The molecule has 1 aromatic rings. The lowest BCUT2D eigenvalue weighted by Crippen LogP contribution is -2.28. The Morgan fingerprint density at radius 1 is 1.47 bits per heavy atom. The van der Waals surface area contributed by atoms with Gasteiger partial charge in [-0.1, -0.05) is 31.2 Å². The summed E-state index contributed by atoms with van der Waals surface area (Å²) in [6, 6.07) is 8.80. The molecule has 17 heavy (non-hydrogen) atoms. The average Bonchev–Trinajstić information content (AvgIpc) is 2.42. The molecule has 1 aliphatic heterocycles. The lowest BCUT2D eigenvalue weighted by atomic mass is 9.88. The van der Waals surface area contributed by atoms with Crippen molar-refractivity contribution in [2.45, 2.75) is 38.0 Å². The third-order valence-corrected chi connectivity index (χ3v) is 3.86. The molecule has 2 heteroatoms. The van der Waals surface area contributed by atoms with Gasteiger partial charge in [-0.2, -0.15) is 0 Å². The normalized spacial score (nSPS) is 22.4. The van der Waals surface area contributed by atoms with E-state index in [1.807, 2.05) is 0 Å². The zero-order chi connectivity index (χ0) is 12.1. The maximum atomic E-state index is 9.37. The zero-order valence-corrected chi connectivity index (χ0v) is 10.7. The van der Waals surface area contributed by atoms with Crippen molar-refractivity contribution >= 4 is 0 Å². The second-order valence-electron chi connectivity index (χ2n) is 5.00. The highest BCUT2D eigenvalue weighted by molar-refractivity contribution is 5.29. The van der Waals surface area contributed by atoms with E-state index in [0.29, 0.717) is 11.8 Å². The molecule has 2 rings (SSSR count). The summed E-state index contributed by atoms with van der Waals surface area (Å²) < 4.78 is 0. The van der Waals surface area contributed by atoms with E-state index in [-0.39, 0.29) is 6.61 Å². The van der Waals surface area contributed by atoms with Crippen molar-refractivity contribution in [1.82, 2.24) is 5.32 Å². The van der Waals surface area contributed by atoms with Crippen LogP contribution in [0.15, 0.2) is 24.3 Å². The van der Waals surface area contributed by atoms with Gasteiger partial charge in [-0.25, -0.2) is 0 Å². The van der Waals surface area contributed by atoms with E-state index >= 15 is 0 Å². The van der Waals surface area contributed by atoms with Gasteiger partial charge in [0.2, 0.25) is 0 Å². The van der Waals surface area contributed by atoms with Gasteiger partial charge in [0, 0.05) is 19.1 Å². The van der Waals surface area contributed by atoms with Crippen molar-refractivity contribution in [3.05, 3.63) is 35.4 Å². The van der Waals surface area contributed by atoms with Crippen molar-refractivity contribution < 1.29 is 5.11 Å². The Kier molecular flexibility index (Phi) is 4.57. The van der Waals surface area contributed by atoms with Crippen molar-refractivity contribution in [2.24, 2.45) is 0 Å². The smallest absolute Gasteiger partial charge is 0.0499 e. The Morgan fingerprint density at radius 2 is 2.35 bits per heavy atom. The van der Waals surface area contributed by atoms with Crippen LogP contribution in [0.2, 0.25) is 0 Å². The summed E-state index contributed by atoms with van der Waals surface area (Å²) in [5.41, 5.74) is 2.72. The van der Waals surface area contributed by atoms with Gasteiger partial charge in [-0.3, -0.25) is 0 Å². The third-order valence-electron chi connectivity index (χ3n) is 3.86. The molecule has 0 saturated carbocycles. The van der Waals surface area contributed by atoms with Crippen molar-refractivity contribution in [2.75, 3.05) is 19.7 Å². The highest BCUT2D eigenvalue weighted by atomic mass is 16.3. The van der Waals surface area contributed by atoms with Gasteiger partial charge in [-0.15, -0.1) is 0 Å². The summed E-state index contributed by atoms with van der Waals surface area (Å²) in [5, 5.41) is 12.8. The number of aliphatic hydroxyl groups excluding tert-OH is 1. The van der Waals surface area contributed by atoms with E-state index in [9.17, 15) is 5.11 Å². The monoisotopic (exact) mass is 233 g/mol. The minimum Gasteiger partial charge on any atom is -0.396 e. The summed E-state index contributed by atoms with van der Waals surface area (Å²) >= 11 is 0. The third kappa shape index (κ3) is 3.08. The van der Waals surface area contributed by atoms with Gasteiger partial charge in [-0.05, 0) is 42.9 Å². The lowest BCUT2D eigenvalue weighted by molar-refractivity contribution is 0.262. The Balaban J connectivity index is 2.15. The molecule has 2 N–H and O–H groups in total. The second-order valence-corrected chi connectivity index (χ2v) is 5.00. The van der Waals surface area contributed by atoms with Crippen LogP contribution in [-0.2, 0) is 0 Å². The fourth-order valence-corrected chi connectivity index (χ4v) is 2.67. The molecule has 0 bridgehead atoms. The first-order chi connectivity index (χ1) is 8.35. The molecule has 0 aromatic heterocycles. The predicted octanol–water partition coefficient (Wildman–Crippen LogP) is 2.64. The number of piperidine rings is 1. The fraction of sp³-hybridized carbons (Fsp3) is 0.600. The average molecular weight is 233 g/mol. The predicted molar refractivity (Wildman–Crippen MR) is 71.4 cm³/mol. The maximum absolute atomic E-state index is 9.37. The molecule has 1 fully saturated rings.